The molecule has 0 bridgehead atoms. The second-order valence-electron chi connectivity index (χ2n) is 4.64. The van der Waals surface area contributed by atoms with Crippen molar-refractivity contribution in [1.82, 2.24) is 0 Å². The number of fused-ring (bicyclic) bond motifs is 1. The Bertz CT molecular complexity index is 789. The van der Waals surface area contributed by atoms with E-state index in [0.717, 1.165) is 0 Å². The quantitative estimate of drug-likeness (QED) is 0.604. The normalized spacial score (nSPS) is 13.8. The molecule has 3 rings (SSSR count). The van der Waals surface area contributed by atoms with E-state index in [1.165, 1.54) is 30.3 Å². The van der Waals surface area contributed by atoms with Crippen molar-refractivity contribution in [3.05, 3.63) is 59.9 Å². The van der Waals surface area contributed by atoms with Gasteiger partial charge in [0.2, 0.25) is 0 Å². The number of phenols is 3. The standard InChI is InChI=1S/C16H12O5/c1-8-11-4-3-10(17)7-14(11)21-16(15(8)20)9-2-5-12(18)13(19)6-9/h2-7,17-20H,1H2. The third kappa shape index (κ3) is 2.04. The van der Waals surface area contributed by atoms with E-state index in [9.17, 15) is 20.4 Å². The Labute approximate surface area is 120 Å². The van der Waals surface area contributed by atoms with Gasteiger partial charge in [0.05, 0.1) is 0 Å². The zero-order chi connectivity index (χ0) is 15.1. The maximum atomic E-state index is 10.2. The smallest absolute Gasteiger partial charge is 0.177 e. The molecule has 2 aromatic carbocycles. The van der Waals surface area contributed by atoms with Crippen molar-refractivity contribution in [2.45, 2.75) is 0 Å². The van der Waals surface area contributed by atoms with Crippen LogP contribution in [0.2, 0.25) is 0 Å². The second kappa shape index (κ2) is 4.49. The maximum Gasteiger partial charge on any atom is 0.177 e. The minimum atomic E-state index is -0.330. The monoisotopic (exact) mass is 284 g/mol. The Morgan fingerprint density at radius 2 is 1.62 bits per heavy atom. The van der Waals surface area contributed by atoms with Crippen LogP contribution in [0.1, 0.15) is 11.1 Å². The van der Waals surface area contributed by atoms with Crippen LogP contribution >= 0.6 is 0 Å². The molecule has 0 aromatic heterocycles. The first-order valence-electron chi connectivity index (χ1n) is 6.13. The highest BCUT2D eigenvalue weighted by atomic mass is 16.5. The van der Waals surface area contributed by atoms with Crippen LogP contribution in [-0.2, 0) is 0 Å². The predicted molar refractivity (Wildman–Crippen MR) is 77.1 cm³/mol. The lowest BCUT2D eigenvalue weighted by Crippen LogP contribution is -2.08. The summed E-state index contributed by atoms with van der Waals surface area (Å²) in [5.74, 6) is -0.307. The lowest BCUT2D eigenvalue weighted by atomic mass is 9.99. The molecule has 0 atom stereocenters. The van der Waals surface area contributed by atoms with E-state index in [2.05, 4.69) is 6.58 Å². The number of allylic oxidation sites excluding steroid dienone is 1. The molecule has 106 valence electrons. The van der Waals surface area contributed by atoms with Gasteiger partial charge in [-0.3, -0.25) is 0 Å². The predicted octanol–water partition coefficient (Wildman–Crippen LogP) is 3.14. The first-order valence-corrected chi connectivity index (χ1v) is 6.13. The Hall–Kier alpha value is -3.08. The van der Waals surface area contributed by atoms with Crippen molar-refractivity contribution >= 4 is 11.3 Å². The van der Waals surface area contributed by atoms with Crippen molar-refractivity contribution < 1.29 is 25.2 Å². The van der Waals surface area contributed by atoms with Crippen molar-refractivity contribution in [2.75, 3.05) is 0 Å². The average Bonchev–Trinajstić information content (AvgIpc) is 2.45. The van der Waals surface area contributed by atoms with Crippen LogP contribution in [0.3, 0.4) is 0 Å². The molecule has 0 fully saturated rings. The number of hydrogen-bond acceptors (Lipinski definition) is 5. The third-order valence-electron chi connectivity index (χ3n) is 3.24. The number of ether oxygens (including phenoxy) is 1. The Kier molecular flexibility index (Phi) is 2.76. The molecule has 0 radical (unpaired) electrons. The lowest BCUT2D eigenvalue weighted by molar-refractivity contribution is 0.393. The fourth-order valence-electron chi connectivity index (χ4n) is 2.13. The number of aliphatic hydroxyl groups is 1. The minimum Gasteiger partial charge on any atom is -0.508 e. The summed E-state index contributed by atoms with van der Waals surface area (Å²) >= 11 is 0. The van der Waals surface area contributed by atoms with Gasteiger partial charge in [0.15, 0.2) is 23.0 Å². The highest BCUT2D eigenvalue weighted by molar-refractivity contribution is 5.90. The molecule has 0 amide bonds. The molecule has 21 heavy (non-hydrogen) atoms. The van der Waals surface area contributed by atoms with Crippen LogP contribution in [0.25, 0.3) is 11.3 Å². The zero-order valence-corrected chi connectivity index (χ0v) is 10.9. The van der Waals surface area contributed by atoms with Crippen molar-refractivity contribution in [1.29, 1.82) is 0 Å². The van der Waals surface area contributed by atoms with E-state index in [-0.39, 0.29) is 28.8 Å². The van der Waals surface area contributed by atoms with Crippen LogP contribution in [0.4, 0.5) is 0 Å². The van der Waals surface area contributed by atoms with Crippen molar-refractivity contribution in [2.24, 2.45) is 0 Å². The minimum absolute atomic E-state index is 0.0239. The summed E-state index contributed by atoms with van der Waals surface area (Å²) < 4.78 is 5.59. The molecule has 0 saturated carbocycles. The Balaban J connectivity index is 2.13. The fraction of sp³-hybridized carbons (Fsp3) is 0. The van der Waals surface area contributed by atoms with Gasteiger partial charge >= 0.3 is 0 Å². The van der Waals surface area contributed by atoms with Gasteiger partial charge in [0, 0.05) is 22.8 Å². The second-order valence-corrected chi connectivity index (χ2v) is 4.64. The van der Waals surface area contributed by atoms with Gasteiger partial charge in [0.25, 0.3) is 0 Å². The summed E-state index contributed by atoms with van der Waals surface area (Å²) in [6, 6.07) is 8.51. The van der Waals surface area contributed by atoms with Crippen LogP contribution < -0.4 is 4.74 Å². The largest absolute Gasteiger partial charge is 0.508 e. The van der Waals surface area contributed by atoms with Gasteiger partial charge in [-0.2, -0.15) is 0 Å². The number of aromatic hydroxyl groups is 3. The van der Waals surface area contributed by atoms with Crippen LogP contribution in [0, 0.1) is 0 Å². The highest BCUT2D eigenvalue weighted by Gasteiger charge is 2.25. The zero-order valence-electron chi connectivity index (χ0n) is 10.9. The van der Waals surface area contributed by atoms with Gasteiger partial charge in [-0.05, 0) is 30.3 Å². The van der Waals surface area contributed by atoms with Crippen molar-refractivity contribution in [3.63, 3.8) is 0 Å². The van der Waals surface area contributed by atoms with Crippen LogP contribution in [0.15, 0.2) is 48.7 Å². The molecule has 0 unspecified atom stereocenters. The first kappa shape index (κ1) is 12.9. The number of benzene rings is 2. The molecular formula is C16H12O5. The van der Waals surface area contributed by atoms with E-state index in [1.807, 2.05) is 0 Å². The van der Waals surface area contributed by atoms with Gasteiger partial charge in [0.1, 0.15) is 11.5 Å². The van der Waals surface area contributed by atoms with Gasteiger partial charge < -0.3 is 25.2 Å². The molecule has 0 spiro atoms. The molecule has 5 heteroatoms. The van der Waals surface area contributed by atoms with Gasteiger partial charge in [-0.1, -0.05) is 6.58 Å². The Morgan fingerprint density at radius 1 is 0.857 bits per heavy atom. The molecular weight excluding hydrogens is 272 g/mol. The fourth-order valence-corrected chi connectivity index (χ4v) is 2.13. The van der Waals surface area contributed by atoms with E-state index in [1.54, 1.807) is 6.07 Å². The first-order chi connectivity index (χ1) is 9.97. The number of phenolic OH excluding ortho intramolecular Hbond substituents is 3. The van der Waals surface area contributed by atoms with E-state index < -0.39 is 0 Å². The number of hydrogen-bond donors (Lipinski definition) is 4. The van der Waals surface area contributed by atoms with E-state index >= 15 is 0 Å². The van der Waals surface area contributed by atoms with Gasteiger partial charge in [-0.15, -0.1) is 0 Å². The molecule has 0 saturated heterocycles. The summed E-state index contributed by atoms with van der Waals surface area (Å²) in [5, 5.41) is 38.6. The maximum absolute atomic E-state index is 10.2. The molecule has 1 aliphatic rings. The summed E-state index contributed by atoms with van der Waals surface area (Å²) in [5.41, 5.74) is 1.29. The molecule has 2 aromatic rings. The molecule has 5 nitrogen and oxygen atoms in total. The van der Waals surface area contributed by atoms with Crippen LogP contribution in [0.5, 0.6) is 23.0 Å². The summed E-state index contributed by atoms with van der Waals surface area (Å²) in [6.07, 6.45) is 0. The third-order valence-corrected chi connectivity index (χ3v) is 3.24. The SMILES string of the molecule is C=C1C(O)=C(c2ccc(O)c(O)c2)Oc2cc(O)ccc21. The Morgan fingerprint density at radius 3 is 2.33 bits per heavy atom. The highest BCUT2D eigenvalue weighted by Crippen LogP contribution is 2.42. The average molecular weight is 284 g/mol. The molecule has 4 N–H and O–H groups in total. The summed E-state index contributed by atoms with van der Waals surface area (Å²) in [6.45, 7) is 3.80. The van der Waals surface area contributed by atoms with E-state index in [0.29, 0.717) is 22.4 Å². The van der Waals surface area contributed by atoms with Crippen LogP contribution in [-0.4, -0.2) is 20.4 Å². The summed E-state index contributed by atoms with van der Waals surface area (Å²) in [7, 11) is 0. The number of rotatable bonds is 1. The lowest BCUT2D eigenvalue weighted by Gasteiger charge is -2.22. The molecule has 0 aliphatic carbocycles. The topological polar surface area (TPSA) is 90.2 Å². The molecule has 1 heterocycles. The van der Waals surface area contributed by atoms with E-state index in [4.69, 9.17) is 4.74 Å². The number of aliphatic hydroxyl groups excluding tert-OH is 1. The summed E-state index contributed by atoms with van der Waals surface area (Å²) in [4.78, 5) is 0. The van der Waals surface area contributed by atoms with Gasteiger partial charge in [-0.25, -0.2) is 0 Å². The molecule has 1 aliphatic heterocycles. The van der Waals surface area contributed by atoms with Crippen molar-refractivity contribution in [3.8, 4) is 23.0 Å².